The first-order valence-electron chi connectivity index (χ1n) is 7.95. The molecule has 24 heavy (non-hydrogen) atoms. The van der Waals surface area contributed by atoms with Crippen LogP contribution < -0.4 is 5.32 Å². The van der Waals surface area contributed by atoms with Gasteiger partial charge >= 0.3 is 5.97 Å². The minimum Gasteiger partial charge on any atom is -0.478 e. The summed E-state index contributed by atoms with van der Waals surface area (Å²) in [5, 5.41) is 12.0. The van der Waals surface area contributed by atoms with Crippen LogP contribution in [0.15, 0.2) is 42.5 Å². The van der Waals surface area contributed by atoms with Crippen molar-refractivity contribution in [1.82, 2.24) is 4.57 Å². The highest BCUT2D eigenvalue weighted by Crippen LogP contribution is 2.48. The predicted octanol–water partition coefficient (Wildman–Crippen LogP) is 3.19. The van der Waals surface area contributed by atoms with Crippen molar-refractivity contribution in [3.05, 3.63) is 65.0 Å². The van der Waals surface area contributed by atoms with Crippen LogP contribution in [0.1, 0.15) is 39.8 Å². The first kappa shape index (κ1) is 14.8. The number of carbonyl (C=O) groups is 2. The topological polar surface area (TPSA) is 71.3 Å². The highest BCUT2D eigenvalue weighted by Gasteiger charge is 2.49. The number of aryl methyl sites for hydroxylation is 2. The zero-order valence-corrected chi connectivity index (χ0v) is 13.5. The van der Waals surface area contributed by atoms with Crippen LogP contribution in [0.5, 0.6) is 0 Å². The van der Waals surface area contributed by atoms with Crippen LogP contribution in [-0.4, -0.2) is 21.6 Å². The van der Waals surface area contributed by atoms with Crippen LogP contribution >= 0.6 is 0 Å². The van der Waals surface area contributed by atoms with Gasteiger partial charge in [0.15, 0.2) is 0 Å². The van der Waals surface area contributed by atoms with Gasteiger partial charge in [-0.15, -0.1) is 0 Å². The summed E-state index contributed by atoms with van der Waals surface area (Å²) in [7, 11) is 0. The number of anilines is 1. The predicted molar refractivity (Wildman–Crippen MR) is 90.4 cm³/mol. The summed E-state index contributed by atoms with van der Waals surface area (Å²) in [4.78, 5) is 23.8. The average Bonchev–Trinajstić information content (AvgIpc) is 3.18. The molecule has 2 atom stereocenters. The number of rotatable bonds is 2. The van der Waals surface area contributed by atoms with Gasteiger partial charge in [-0.1, -0.05) is 18.2 Å². The van der Waals surface area contributed by atoms with Crippen LogP contribution in [-0.2, 0) is 10.2 Å². The van der Waals surface area contributed by atoms with Gasteiger partial charge in [0.1, 0.15) is 0 Å². The third kappa shape index (κ3) is 1.87. The number of carbonyl (C=O) groups excluding carboxylic acids is 1. The SMILES string of the molecule is Cc1ccc(C)n1[C@@H]1C=C[C@@]2(C1)C(=O)Nc1cc(C(=O)O)ccc12. The van der Waals surface area contributed by atoms with Gasteiger partial charge in [-0.3, -0.25) is 4.79 Å². The van der Waals surface area contributed by atoms with Gasteiger partial charge in [-0.05, 0) is 50.1 Å². The minimum atomic E-state index is -0.994. The summed E-state index contributed by atoms with van der Waals surface area (Å²) in [6, 6.07) is 9.15. The molecule has 0 saturated heterocycles. The van der Waals surface area contributed by atoms with Crippen LogP contribution in [0.25, 0.3) is 0 Å². The molecule has 1 spiro atoms. The Morgan fingerprint density at radius 3 is 2.62 bits per heavy atom. The Labute approximate surface area is 139 Å². The number of aromatic nitrogens is 1. The highest BCUT2D eigenvalue weighted by atomic mass is 16.4. The molecule has 0 bridgehead atoms. The molecule has 2 heterocycles. The lowest BCUT2D eigenvalue weighted by molar-refractivity contribution is -0.119. The molecule has 1 aromatic carbocycles. The molecule has 0 radical (unpaired) electrons. The number of allylic oxidation sites excluding steroid dienone is 1. The molecule has 1 aliphatic heterocycles. The number of carboxylic acid groups (broad SMARTS) is 1. The van der Waals surface area contributed by atoms with E-state index < -0.39 is 11.4 Å². The lowest BCUT2D eigenvalue weighted by Gasteiger charge is -2.23. The van der Waals surface area contributed by atoms with Crippen molar-refractivity contribution in [2.24, 2.45) is 0 Å². The molecule has 1 aliphatic carbocycles. The fraction of sp³-hybridized carbons (Fsp3) is 0.263. The second kappa shape index (κ2) is 4.84. The Morgan fingerprint density at radius 1 is 1.25 bits per heavy atom. The fourth-order valence-electron chi connectivity index (χ4n) is 4.02. The summed E-state index contributed by atoms with van der Waals surface area (Å²) < 4.78 is 2.24. The number of carboxylic acids is 1. The molecule has 5 heteroatoms. The van der Waals surface area contributed by atoms with Crippen molar-refractivity contribution < 1.29 is 14.7 Å². The first-order valence-corrected chi connectivity index (χ1v) is 7.95. The molecule has 2 N–H and O–H groups in total. The third-order valence-corrected chi connectivity index (χ3v) is 5.19. The van der Waals surface area contributed by atoms with E-state index in [0.717, 1.165) is 5.56 Å². The van der Waals surface area contributed by atoms with E-state index in [2.05, 4.69) is 41.9 Å². The molecule has 122 valence electrons. The van der Waals surface area contributed by atoms with E-state index in [9.17, 15) is 9.59 Å². The van der Waals surface area contributed by atoms with Gasteiger partial charge < -0.3 is 15.0 Å². The van der Waals surface area contributed by atoms with E-state index in [1.807, 2.05) is 6.08 Å². The summed E-state index contributed by atoms with van der Waals surface area (Å²) in [6.45, 7) is 4.13. The van der Waals surface area contributed by atoms with Crippen molar-refractivity contribution in [2.45, 2.75) is 31.7 Å². The summed E-state index contributed by atoms with van der Waals surface area (Å²) in [6.07, 6.45) is 4.70. The Balaban J connectivity index is 1.75. The largest absolute Gasteiger partial charge is 0.478 e. The summed E-state index contributed by atoms with van der Waals surface area (Å²) in [5.74, 6) is -1.08. The lowest BCUT2D eigenvalue weighted by atomic mass is 9.80. The normalized spacial score (nSPS) is 24.4. The average molecular weight is 322 g/mol. The molecule has 1 aromatic heterocycles. The molecule has 0 fully saturated rings. The maximum atomic E-state index is 12.7. The lowest BCUT2D eigenvalue weighted by Crippen LogP contribution is -2.31. The second-order valence-corrected chi connectivity index (χ2v) is 6.61. The number of benzene rings is 1. The van der Waals surface area contributed by atoms with E-state index in [1.54, 1.807) is 12.1 Å². The van der Waals surface area contributed by atoms with Crippen molar-refractivity contribution in [3.8, 4) is 0 Å². The number of amides is 1. The van der Waals surface area contributed by atoms with E-state index in [-0.39, 0.29) is 17.5 Å². The zero-order chi connectivity index (χ0) is 17.1. The van der Waals surface area contributed by atoms with Gasteiger partial charge in [0.2, 0.25) is 5.91 Å². The number of hydrogen-bond acceptors (Lipinski definition) is 2. The number of nitrogens with one attached hydrogen (secondary N) is 1. The Hall–Kier alpha value is -2.82. The standard InChI is InChI=1S/C19H18N2O3/c1-11-3-4-12(2)21(11)14-7-8-19(10-14)15-6-5-13(17(22)23)9-16(15)20-18(19)24/h3-9,14H,10H2,1-2H3,(H,20,24)(H,22,23)/t14-,19+/m1/s1. The Bertz CT molecular complexity index is 890. The monoisotopic (exact) mass is 322 g/mol. The maximum Gasteiger partial charge on any atom is 0.335 e. The zero-order valence-electron chi connectivity index (χ0n) is 13.5. The van der Waals surface area contributed by atoms with E-state index in [4.69, 9.17) is 5.11 Å². The first-order chi connectivity index (χ1) is 11.4. The second-order valence-electron chi connectivity index (χ2n) is 6.61. The van der Waals surface area contributed by atoms with Gasteiger partial charge in [0, 0.05) is 17.1 Å². The number of aromatic carboxylic acids is 1. The van der Waals surface area contributed by atoms with Crippen molar-refractivity contribution in [1.29, 1.82) is 0 Å². The molecule has 0 saturated carbocycles. The molecule has 4 rings (SSSR count). The maximum absolute atomic E-state index is 12.7. The summed E-state index contributed by atoms with van der Waals surface area (Å²) >= 11 is 0. The fourth-order valence-corrected chi connectivity index (χ4v) is 4.02. The van der Waals surface area contributed by atoms with Gasteiger partial charge in [0.25, 0.3) is 0 Å². The van der Waals surface area contributed by atoms with Gasteiger partial charge in [-0.2, -0.15) is 0 Å². The van der Waals surface area contributed by atoms with Crippen LogP contribution in [0.4, 0.5) is 5.69 Å². The molecular formula is C19H18N2O3. The third-order valence-electron chi connectivity index (χ3n) is 5.19. The summed E-state index contributed by atoms with van der Waals surface area (Å²) in [5.41, 5.74) is 3.27. The van der Waals surface area contributed by atoms with Crippen LogP contribution in [0.2, 0.25) is 0 Å². The quantitative estimate of drug-likeness (QED) is 0.834. The molecular weight excluding hydrogens is 304 g/mol. The van der Waals surface area contributed by atoms with Crippen LogP contribution in [0.3, 0.4) is 0 Å². The van der Waals surface area contributed by atoms with E-state index in [1.165, 1.54) is 17.5 Å². The highest BCUT2D eigenvalue weighted by molar-refractivity contribution is 6.09. The van der Waals surface area contributed by atoms with Gasteiger partial charge in [0.05, 0.1) is 17.0 Å². The number of fused-ring (bicyclic) bond motifs is 2. The van der Waals surface area contributed by atoms with E-state index in [0.29, 0.717) is 12.1 Å². The van der Waals surface area contributed by atoms with Gasteiger partial charge in [-0.25, -0.2) is 4.79 Å². The number of hydrogen-bond donors (Lipinski definition) is 2. The Kier molecular flexibility index (Phi) is 2.97. The van der Waals surface area contributed by atoms with Crippen molar-refractivity contribution in [2.75, 3.05) is 5.32 Å². The molecule has 0 unspecified atom stereocenters. The molecule has 2 aromatic rings. The Morgan fingerprint density at radius 2 is 1.96 bits per heavy atom. The minimum absolute atomic E-state index is 0.0822. The van der Waals surface area contributed by atoms with Crippen molar-refractivity contribution in [3.63, 3.8) is 0 Å². The molecule has 1 amide bonds. The number of nitrogens with zero attached hydrogens (tertiary/aromatic N) is 1. The van der Waals surface area contributed by atoms with Crippen LogP contribution in [0, 0.1) is 13.8 Å². The smallest absolute Gasteiger partial charge is 0.335 e. The van der Waals surface area contributed by atoms with Crippen molar-refractivity contribution >= 4 is 17.6 Å². The molecule has 2 aliphatic rings. The van der Waals surface area contributed by atoms with E-state index >= 15 is 0 Å². The molecule has 5 nitrogen and oxygen atoms in total.